The number of carbonyl (C=O) groups is 1. The van der Waals surface area contributed by atoms with Gasteiger partial charge in [0, 0.05) is 29.1 Å². The molecular weight excluding hydrogens is 356 g/mol. The van der Waals surface area contributed by atoms with E-state index in [9.17, 15) is 14.4 Å². The first-order valence-electron chi connectivity index (χ1n) is 8.98. The van der Waals surface area contributed by atoms with Crippen LogP contribution in [-0.2, 0) is 4.79 Å². The molecule has 2 heterocycles. The molecule has 28 heavy (non-hydrogen) atoms. The van der Waals surface area contributed by atoms with Crippen LogP contribution in [0.5, 0.6) is 0 Å². The average molecular weight is 372 g/mol. The lowest BCUT2D eigenvalue weighted by atomic mass is 10.0. The standard InChI is InChI=1S/C21H16N4O3/c26-18-11-10-15(16-12-22-17-9-5-4-8-14(16)17)19(18)25-21(28)24(20(27)23-25)13-6-2-1-3-7-13/h1-9,12,22H,10-11H2,(H,23,27). The second-order valence-electron chi connectivity index (χ2n) is 6.70. The Balaban J connectivity index is 1.76. The molecule has 1 aliphatic carbocycles. The number of hydrogen-bond acceptors (Lipinski definition) is 3. The molecule has 0 saturated carbocycles. The third kappa shape index (κ3) is 2.33. The van der Waals surface area contributed by atoms with Crippen molar-refractivity contribution in [2.75, 3.05) is 0 Å². The molecule has 7 heteroatoms. The van der Waals surface area contributed by atoms with E-state index >= 15 is 0 Å². The highest BCUT2D eigenvalue weighted by Crippen LogP contribution is 2.36. The van der Waals surface area contributed by atoms with Crippen molar-refractivity contribution in [2.24, 2.45) is 0 Å². The number of para-hydroxylation sites is 2. The van der Waals surface area contributed by atoms with Crippen LogP contribution in [0.4, 0.5) is 0 Å². The quantitative estimate of drug-likeness (QED) is 0.579. The first kappa shape index (κ1) is 16.3. The highest BCUT2D eigenvalue weighted by molar-refractivity contribution is 6.27. The van der Waals surface area contributed by atoms with E-state index in [0.717, 1.165) is 31.3 Å². The Hall–Kier alpha value is -3.87. The maximum Gasteiger partial charge on any atom is 0.356 e. The summed E-state index contributed by atoms with van der Waals surface area (Å²) >= 11 is 0. The van der Waals surface area contributed by atoms with Gasteiger partial charge in [0.05, 0.1) is 5.69 Å². The summed E-state index contributed by atoms with van der Waals surface area (Å²) < 4.78 is 2.12. The first-order valence-corrected chi connectivity index (χ1v) is 8.98. The van der Waals surface area contributed by atoms with Gasteiger partial charge in [0.2, 0.25) is 0 Å². The second-order valence-corrected chi connectivity index (χ2v) is 6.70. The minimum absolute atomic E-state index is 0.163. The van der Waals surface area contributed by atoms with Crippen molar-refractivity contribution >= 4 is 28.0 Å². The minimum atomic E-state index is -0.584. The summed E-state index contributed by atoms with van der Waals surface area (Å²) in [5.74, 6) is -0.163. The molecule has 2 aromatic heterocycles. The molecule has 0 atom stereocenters. The van der Waals surface area contributed by atoms with E-state index in [1.807, 2.05) is 30.5 Å². The van der Waals surface area contributed by atoms with Crippen molar-refractivity contribution in [2.45, 2.75) is 12.8 Å². The number of ketones is 1. The van der Waals surface area contributed by atoms with Crippen molar-refractivity contribution < 1.29 is 4.79 Å². The summed E-state index contributed by atoms with van der Waals surface area (Å²) in [6, 6.07) is 16.4. The third-order valence-electron chi connectivity index (χ3n) is 5.10. The molecule has 0 amide bonds. The summed E-state index contributed by atoms with van der Waals surface area (Å²) in [6.45, 7) is 0. The van der Waals surface area contributed by atoms with Crippen LogP contribution < -0.4 is 11.4 Å². The van der Waals surface area contributed by atoms with Crippen LogP contribution in [0.25, 0.3) is 27.9 Å². The maximum atomic E-state index is 13.0. The van der Waals surface area contributed by atoms with E-state index in [4.69, 9.17) is 0 Å². The monoisotopic (exact) mass is 372 g/mol. The number of benzene rings is 2. The predicted molar refractivity (Wildman–Crippen MR) is 106 cm³/mol. The molecular formula is C21H16N4O3. The van der Waals surface area contributed by atoms with Gasteiger partial charge < -0.3 is 4.98 Å². The first-order chi connectivity index (χ1) is 13.6. The smallest absolute Gasteiger partial charge is 0.356 e. The van der Waals surface area contributed by atoms with Crippen LogP contribution in [0.2, 0.25) is 0 Å². The Morgan fingerprint density at radius 2 is 1.61 bits per heavy atom. The molecule has 138 valence electrons. The van der Waals surface area contributed by atoms with E-state index in [1.54, 1.807) is 30.3 Å². The average Bonchev–Trinajstić information content (AvgIpc) is 3.37. The molecule has 0 radical (unpaired) electrons. The van der Waals surface area contributed by atoms with Crippen LogP contribution in [0.1, 0.15) is 18.4 Å². The van der Waals surface area contributed by atoms with Crippen molar-refractivity contribution in [3.05, 3.63) is 87.3 Å². The molecule has 5 rings (SSSR count). The minimum Gasteiger partial charge on any atom is -0.361 e. The van der Waals surface area contributed by atoms with Crippen LogP contribution in [0.15, 0.2) is 70.4 Å². The maximum absolute atomic E-state index is 13.0. The number of nitrogens with zero attached hydrogens (tertiary/aromatic N) is 2. The zero-order valence-corrected chi connectivity index (χ0v) is 14.8. The van der Waals surface area contributed by atoms with Gasteiger partial charge in [0.15, 0.2) is 5.78 Å². The van der Waals surface area contributed by atoms with E-state index in [-0.39, 0.29) is 11.5 Å². The number of fused-ring (bicyclic) bond motifs is 1. The fourth-order valence-electron chi connectivity index (χ4n) is 3.82. The highest BCUT2D eigenvalue weighted by atomic mass is 16.2. The number of aromatic amines is 2. The molecule has 0 fully saturated rings. The second kappa shape index (κ2) is 6.09. The van der Waals surface area contributed by atoms with E-state index in [2.05, 4.69) is 10.1 Å². The van der Waals surface area contributed by atoms with Gasteiger partial charge in [-0.3, -0.25) is 4.79 Å². The van der Waals surface area contributed by atoms with Gasteiger partial charge in [-0.2, -0.15) is 4.68 Å². The number of rotatable bonds is 3. The highest BCUT2D eigenvalue weighted by Gasteiger charge is 2.29. The Labute approximate surface area is 158 Å². The molecule has 2 aromatic carbocycles. The van der Waals surface area contributed by atoms with Gasteiger partial charge >= 0.3 is 11.4 Å². The van der Waals surface area contributed by atoms with E-state index in [1.165, 1.54) is 0 Å². The van der Waals surface area contributed by atoms with Gasteiger partial charge in [-0.25, -0.2) is 19.3 Å². The summed E-state index contributed by atoms with van der Waals surface area (Å²) in [5, 5.41) is 3.52. The lowest BCUT2D eigenvalue weighted by molar-refractivity contribution is -0.113. The fourth-order valence-corrected chi connectivity index (χ4v) is 3.82. The summed E-state index contributed by atoms with van der Waals surface area (Å²) in [6.07, 6.45) is 2.66. The van der Waals surface area contributed by atoms with Crippen molar-refractivity contribution in [3.8, 4) is 5.69 Å². The number of hydrogen-bond donors (Lipinski definition) is 2. The van der Waals surface area contributed by atoms with Crippen LogP contribution in [-0.4, -0.2) is 25.1 Å². The molecule has 0 bridgehead atoms. The fraction of sp³-hybridized carbons (Fsp3) is 0.0952. The number of allylic oxidation sites excluding steroid dienone is 2. The molecule has 0 aliphatic heterocycles. The number of Topliss-reactive ketones (excluding diaryl/α,β-unsaturated/α-hetero) is 1. The summed E-state index contributed by atoms with van der Waals surface area (Å²) in [5.41, 5.74) is 2.10. The molecule has 7 nitrogen and oxygen atoms in total. The van der Waals surface area contributed by atoms with Gasteiger partial charge in [0.1, 0.15) is 5.70 Å². The molecule has 1 aliphatic rings. The zero-order valence-electron chi connectivity index (χ0n) is 14.8. The summed E-state index contributed by atoms with van der Waals surface area (Å²) in [4.78, 5) is 41.3. The normalized spacial score (nSPS) is 14.4. The van der Waals surface area contributed by atoms with Crippen LogP contribution in [0, 0.1) is 0 Å². The number of carbonyl (C=O) groups excluding carboxylic acids is 1. The molecule has 0 spiro atoms. The van der Waals surface area contributed by atoms with E-state index in [0.29, 0.717) is 18.5 Å². The van der Waals surface area contributed by atoms with Crippen molar-refractivity contribution in [1.82, 2.24) is 19.3 Å². The van der Waals surface area contributed by atoms with Crippen LogP contribution in [0.3, 0.4) is 0 Å². The zero-order chi connectivity index (χ0) is 19.3. The number of aromatic nitrogens is 4. The van der Waals surface area contributed by atoms with Gasteiger partial charge in [0.25, 0.3) is 0 Å². The largest absolute Gasteiger partial charge is 0.361 e. The molecule has 0 saturated heterocycles. The molecule has 0 unspecified atom stereocenters. The summed E-state index contributed by atoms with van der Waals surface area (Å²) in [7, 11) is 0. The SMILES string of the molecule is O=C1CCC(c2c[nH]c3ccccc23)=C1n1[nH]c(=O)n(-c2ccccc2)c1=O. The van der Waals surface area contributed by atoms with Crippen LogP contribution >= 0.6 is 0 Å². The Kier molecular flexibility index (Phi) is 3.55. The predicted octanol–water partition coefficient (Wildman–Crippen LogP) is 2.54. The molecule has 4 aromatic rings. The number of H-pyrrole nitrogens is 2. The Bertz CT molecular complexity index is 1370. The van der Waals surface area contributed by atoms with Gasteiger partial charge in [-0.1, -0.05) is 36.4 Å². The Morgan fingerprint density at radius 3 is 2.43 bits per heavy atom. The van der Waals surface area contributed by atoms with E-state index < -0.39 is 11.4 Å². The Morgan fingerprint density at radius 1 is 0.857 bits per heavy atom. The van der Waals surface area contributed by atoms with Gasteiger partial charge in [-0.05, 0) is 30.2 Å². The molecule has 2 N–H and O–H groups in total. The van der Waals surface area contributed by atoms with Gasteiger partial charge in [-0.15, -0.1) is 0 Å². The number of nitrogens with one attached hydrogen (secondary N) is 2. The lowest BCUT2D eigenvalue weighted by Gasteiger charge is -2.05. The third-order valence-corrected chi connectivity index (χ3v) is 5.10. The van der Waals surface area contributed by atoms with Crippen molar-refractivity contribution in [1.29, 1.82) is 0 Å². The van der Waals surface area contributed by atoms with Crippen molar-refractivity contribution in [3.63, 3.8) is 0 Å². The lowest BCUT2D eigenvalue weighted by Crippen LogP contribution is -2.28. The topological polar surface area (TPSA) is 92.7 Å².